The Kier molecular flexibility index (Phi) is 363. The van der Waals surface area contributed by atoms with Crippen LogP contribution in [0.3, 0.4) is 0 Å². The summed E-state index contributed by atoms with van der Waals surface area (Å²) < 4.78 is 0. The van der Waals surface area contributed by atoms with E-state index >= 15 is 0 Å². The van der Waals surface area contributed by atoms with Crippen molar-refractivity contribution in [2.45, 2.75) is 0 Å². The molecule has 0 spiro atoms. The molecule has 4 heavy (non-hydrogen) atoms. The van der Waals surface area contributed by atoms with E-state index in [1.54, 1.807) is 0 Å². The molecule has 0 aromatic heterocycles. The van der Waals surface area contributed by atoms with Crippen molar-refractivity contribution in [3.63, 3.8) is 0 Å². The normalized spacial score (nSPS) is 0. The molecule has 0 aliphatic rings. The molecule has 1 nitrogen and oxygen atoms in total. The van der Waals surface area contributed by atoms with Gasteiger partial charge in [-0.3, -0.25) is 0 Å². The SMILES string of the molecule is Cl.O.[LiH].[Mn]. The van der Waals surface area contributed by atoms with Gasteiger partial charge in [0.1, 0.15) is 0 Å². The van der Waals surface area contributed by atoms with Crippen LogP contribution in [0.2, 0.25) is 0 Å². The van der Waals surface area contributed by atoms with Crippen LogP contribution in [0.4, 0.5) is 0 Å². The zero-order valence-corrected chi connectivity index (χ0v) is 3.28. The van der Waals surface area contributed by atoms with Crippen molar-refractivity contribution >= 4 is 31.3 Å². The van der Waals surface area contributed by atoms with E-state index in [0.29, 0.717) is 0 Å². The molecule has 0 heterocycles. The van der Waals surface area contributed by atoms with Crippen LogP contribution in [0.25, 0.3) is 0 Å². The van der Waals surface area contributed by atoms with E-state index in [1.807, 2.05) is 0 Å². The summed E-state index contributed by atoms with van der Waals surface area (Å²) >= 11 is 0. The van der Waals surface area contributed by atoms with Crippen molar-refractivity contribution in [3.8, 4) is 0 Å². The summed E-state index contributed by atoms with van der Waals surface area (Å²) in [7, 11) is 0. The van der Waals surface area contributed by atoms with Crippen molar-refractivity contribution in [1.82, 2.24) is 0 Å². The van der Waals surface area contributed by atoms with Gasteiger partial charge in [-0.1, -0.05) is 0 Å². The Morgan fingerprint density at radius 1 is 1.00 bits per heavy atom. The van der Waals surface area contributed by atoms with Gasteiger partial charge in [0.2, 0.25) is 0 Å². The van der Waals surface area contributed by atoms with Crippen LogP contribution in [0.5, 0.6) is 0 Å². The summed E-state index contributed by atoms with van der Waals surface area (Å²) in [6, 6.07) is 0. The van der Waals surface area contributed by atoms with Gasteiger partial charge in [0.15, 0.2) is 0 Å². The summed E-state index contributed by atoms with van der Waals surface area (Å²) in [6.45, 7) is 0. The predicted octanol–water partition coefficient (Wildman–Crippen LogP) is -1.05. The molecule has 0 fully saturated rings. The van der Waals surface area contributed by atoms with E-state index in [9.17, 15) is 0 Å². The first-order valence-corrected chi connectivity index (χ1v) is 0. The Labute approximate surface area is 53.9 Å². The molecule has 1 radical (unpaired) electrons. The second-order valence-electron chi connectivity index (χ2n) is 0. The van der Waals surface area contributed by atoms with Gasteiger partial charge in [0, 0.05) is 17.1 Å². The van der Waals surface area contributed by atoms with Gasteiger partial charge < -0.3 is 5.48 Å². The average Bonchev–Trinajstić information content (AvgIpc) is 0. The molecule has 0 saturated carbocycles. The molecule has 0 rings (SSSR count). The minimum atomic E-state index is 0. The number of rotatable bonds is 0. The van der Waals surface area contributed by atoms with Crippen LogP contribution in [0.15, 0.2) is 0 Å². The fourth-order valence-corrected chi connectivity index (χ4v) is 0. The van der Waals surface area contributed by atoms with Gasteiger partial charge in [-0.15, -0.1) is 12.4 Å². The van der Waals surface area contributed by atoms with Gasteiger partial charge in [-0.25, -0.2) is 0 Å². The molecule has 0 amide bonds. The van der Waals surface area contributed by atoms with Crippen LogP contribution in [-0.2, 0) is 17.1 Å². The van der Waals surface area contributed by atoms with Gasteiger partial charge in [-0.2, -0.15) is 0 Å². The van der Waals surface area contributed by atoms with Crippen LogP contribution < -0.4 is 0 Å². The van der Waals surface area contributed by atoms with E-state index in [-0.39, 0.29) is 53.8 Å². The minimum Gasteiger partial charge on any atom is 0 e. The Hall–Kier alpha value is 1.37. The van der Waals surface area contributed by atoms with E-state index in [1.165, 1.54) is 0 Å². The van der Waals surface area contributed by atoms with Crippen LogP contribution >= 0.6 is 12.4 Å². The molecule has 4 heteroatoms. The molecule has 0 saturated heterocycles. The maximum Gasteiger partial charge on any atom is 0 e. The Balaban J connectivity index is 0. The zero-order chi connectivity index (χ0) is 0. The number of halogens is 1. The van der Waals surface area contributed by atoms with E-state index in [4.69, 9.17) is 0 Å². The van der Waals surface area contributed by atoms with Crippen molar-refractivity contribution < 1.29 is 22.5 Å². The van der Waals surface area contributed by atoms with Crippen molar-refractivity contribution in [2.75, 3.05) is 0 Å². The molecule has 0 atom stereocenters. The maximum atomic E-state index is 0. The van der Waals surface area contributed by atoms with E-state index in [0.717, 1.165) is 0 Å². The number of hydrogen-bond donors (Lipinski definition) is 0. The summed E-state index contributed by atoms with van der Waals surface area (Å²) in [5.74, 6) is 0. The second kappa shape index (κ2) is 26.5. The van der Waals surface area contributed by atoms with E-state index in [2.05, 4.69) is 0 Å². The molecule has 0 aromatic carbocycles. The third-order valence-corrected chi connectivity index (χ3v) is 0. The fraction of sp³-hybridized carbons (Fsp3) is 0. The summed E-state index contributed by atoms with van der Waals surface area (Å²) in [5.41, 5.74) is 0. The monoisotopic (exact) mass is 117 g/mol. The van der Waals surface area contributed by atoms with Gasteiger partial charge in [0.25, 0.3) is 0 Å². The molecule has 0 aliphatic carbocycles. The van der Waals surface area contributed by atoms with Crippen molar-refractivity contribution in [1.29, 1.82) is 0 Å². The average molecular weight is 117 g/mol. The largest absolute Gasteiger partial charge is 0 e. The van der Waals surface area contributed by atoms with Crippen LogP contribution in [-0.4, -0.2) is 24.3 Å². The second-order valence-corrected chi connectivity index (χ2v) is 0. The van der Waals surface area contributed by atoms with Crippen molar-refractivity contribution in [2.24, 2.45) is 0 Å². The van der Waals surface area contributed by atoms with E-state index < -0.39 is 0 Å². The molecule has 25 valence electrons. The quantitative estimate of drug-likeness (QED) is 0.363. The standard InChI is InChI=1S/ClH.Li.Mn.H2O.H/h1H;;;1H2;. The smallest absolute Gasteiger partial charge is 0 e. The van der Waals surface area contributed by atoms with Crippen LogP contribution in [0.1, 0.15) is 0 Å². The molecular formula is H4ClLiMnO. The Bertz CT molecular complexity index is 8.00. The first-order chi connectivity index (χ1) is 0. The molecule has 0 aliphatic heterocycles. The molecule has 0 aromatic rings. The summed E-state index contributed by atoms with van der Waals surface area (Å²) in [5, 5.41) is 0. The first-order valence-electron chi connectivity index (χ1n) is 0. The van der Waals surface area contributed by atoms with Gasteiger partial charge >= 0.3 is 18.9 Å². The third kappa shape index (κ3) is 10.1. The molecule has 0 unspecified atom stereocenters. The third-order valence-electron chi connectivity index (χ3n) is 0. The minimum absolute atomic E-state index is 0. The first kappa shape index (κ1) is 54.8. The maximum absolute atomic E-state index is 0. The van der Waals surface area contributed by atoms with Crippen molar-refractivity contribution in [3.05, 3.63) is 0 Å². The van der Waals surface area contributed by atoms with Gasteiger partial charge in [0.05, 0.1) is 0 Å². The zero-order valence-electron chi connectivity index (χ0n) is 1.29. The molecule has 2 N–H and O–H groups in total. The molecule has 0 bridgehead atoms. The topological polar surface area (TPSA) is 31.5 Å². The Morgan fingerprint density at radius 2 is 1.00 bits per heavy atom. The Morgan fingerprint density at radius 3 is 1.00 bits per heavy atom. The molecular weight excluding hydrogens is 113 g/mol. The summed E-state index contributed by atoms with van der Waals surface area (Å²) in [4.78, 5) is 0. The summed E-state index contributed by atoms with van der Waals surface area (Å²) in [6.07, 6.45) is 0. The predicted molar refractivity (Wildman–Crippen MR) is 18.0 cm³/mol. The number of hydrogen-bond acceptors (Lipinski definition) is 0. The van der Waals surface area contributed by atoms with Crippen LogP contribution in [0, 0.1) is 0 Å². The van der Waals surface area contributed by atoms with Gasteiger partial charge in [-0.05, 0) is 0 Å². The fourth-order valence-electron chi connectivity index (χ4n) is 0.